The van der Waals surface area contributed by atoms with Crippen molar-refractivity contribution >= 4 is 11.9 Å². The van der Waals surface area contributed by atoms with E-state index in [1.165, 1.54) is 0 Å². The first-order chi connectivity index (χ1) is 10.2. The molecule has 3 heterocycles. The van der Waals surface area contributed by atoms with Gasteiger partial charge in [0.05, 0.1) is 18.0 Å². The standard InChI is InChI=1S/C13H19N5O3/c14-13-16-11(8-1-4-20-5-2-8)9(17-18-13)7-10-12(19)15-3-6-21-10/h8,10H,1-7H2,(H,15,19)(H2,14,16,18). The monoisotopic (exact) mass is 293 g/mol. The van der Waals surface area contributed by atoms with Gasteiger partial charge in [-0.2, -0.15) is 0 Å². The van der Waals surface area contributed by atoms with Crippen LogP contribution in [-0.4, -0.2) is 53.6 Å². The lowest BCUT2D eigenvalue weighted by Gasteiger charge is -2.25. The molecule has 0 bridgehead atoms. The van der Waals surface area contributed by atoms with Crippen molar-refractivity contribution in [3.05, 3.63) is 11.4 Å². The number of nitrogens with two attached hydrogens (primary N) is 1. The largest absolute Gasteiger partial charge is 0.381 e. The van der Waals surface area contributed by atoms with E-state index in [2.05, 4.69) is 20.5 Å². The molecule has 8 heteroatoms. The van der Waals surface area contributed by atoms with E-state index in [0.29, 0.717) is 38.5 Å². The van der Waals surface area contributed by atoms with Gasteiger partial charge in [-0.15, -0.1) is 10.2 Å². The summed E-state index contributed by atoms with van der Waals surface area (Å²) in [6, 6.07) is 0. The zero-order chi connectivity index (χ0) is 14.7. The van der Waals surface area contributed by atoms with E-state index < -0.39 is 6.10 Å². The zero-order valence-electron chi connectivity index (χ0n) is 11.7. The second-order valence-corrected chi connectivity index (χ2v) is 5.24. The minimum atomic E-state index is -0.530. The first-order valence-electron chi connectivity index (χ1n) is 7.20. The summed E-state index contributed by atoms with van der Waals surface area (Å²) in [6.45, 7) is 2.47. The van der Waals surface area contributed by atoms with E-state index in [1.807, 2.05) is 0 Å². The summed E-state index contributed by atoms with van der Waals surface area (Å²) < 4.78 is 10.9. The third kappa shape index (κ3) is 3.27. The number of anilines is 1. The number of rotatable bonds is 3. The van der Waals surface area contributed by atoms with Crippen LogP contribution in [0.2, 0.25) is 0 Å². The minimum absolute atomic E-state index is 0.113. The summed E-state index contributed by atoms with van der Waals surface area (Å²) in [4.78, 5) is 16.2. The molecule has 2 aliphatic heterocycles. The van der Waals surface area contributed by atoms with Crippen molar-refractivity contribution in [2.45, 2.75) is 31.3 Å². The Morgan fingerprint density at radius 3 is 2.81 bits per heavy atom. The van der Waals surface area contributed by atoms with Crippen molar-refractivity contribution in [3.63, 3.8) is 0 Å². The van der Waals surface area contributed by atoms with Gasteiger partial charge in [0.2, 0.25) is 11.9 Å². The molecule has 0 saturated carbocycles. The van der Waals surface area contributed by atoms with Crippen LogP contribution in [0.1, 0.15) is 30.1 Å². The van der Waals surface area contributed by atoms with Crippen LogP contribution in [0.4, 0.5) is 5.95 Å². The van der Waals surface area contributed by atoms with Gasteiger partial charge in [-0.1, -0.05) is 0 Å². The summed E-state index contributed by atoms with van der Waals surface area (Å²) in [5.41, 5.74) is 7.19. The molecule has 8 nitrogen and oxygen atoms in total. The highest BCUT2D eigenvalue weighted by Gasteiger charge is 2.28. The topological polar surface area (TPSA) is 112 Å². The Bertz CT molecular complexity index is 519. The first-order valence-corrected chi connectivity index (χ1v) is 7.20. The molecule has 0 aliphatic carbocycles. The summed E-state index contributed by atoms with van der Waals surface area (Å²) in [6.07, 6.45) is 1.60. The van der Waals surface area contributed by atoms with Gasteiger partial charge in [0, 0.05) is 32.1 Å². The third-order valence-corrected chi connectivity index (χ3v) is 3.80. The molecular weight excluding hydrogens is 274 g/mol. The average molecular weight is 293 g/mol. The fourth-order valence-corrected chi connectivity index (χ4v) is 2.71. The van der Waals surface area contributed by atoms with Crippen LogP contribution >= 0.6 is 0 Å². The van der Waals surface area contributed by atoms with Gasteiger partial charge in [0.25, 0.3) is 0 Å². The van der Waals surface area contributed by atoms with Crippen molar-refractivity contribution in [2.75, 3.05) is 32.1 Å². The Kier molecular flexibility index (Phi) is 4.26. The van der Waals surface area contributed by atoms with Crippen LogP contribution in [0.3, 0.4) is 0 Å². The van der Waals surface area contributed by atoms with Gasteiger partial charge in [-0.3, -0.25) is 4.79 Å². The molecule has 1 atom stereocenters. The lowest BCUT2D eigenvalue weighted by molar-refractivity contribution is -0.137. The second kappa shape index (κ2) is 6.31. The fraction of sp³-hybridized carbons (Fsp3) is 0.692. The molecule has 3 N–H and O–H groups in total. The van der Waals surface area contributed by atoms with Crippen LogP contribution in [0.25, 0.3) is 0 Å². The maximum absolute atomic E-state index is 11.8. The molecule has 2 fully saturated rings. The van der Waals surface area contributed by atoms with Crippen molar-refractivity contribution < 1.29 is 14.3 Å². The Labute approximate surface area is 122 Å². The molecule has 1 amide bonds. The zero-order valence-corrected chi connectivity index (χ0v) is 11.7. The maximum Gasteiger partial charge on any atom is 0.249 e. The number of nitrogens with one attached hydrogen (secondary N) is 1. The molecule has 1 aromatic heterocycles. The number of aromatic nitrogens is 3. The number of ether oxygens (including phenoxy) is 2. The number of nitrogen functional groups attached to an aromatic ring is 1. The molecule has 114 valence electrons. The van der Waals surface area contributed by atoms with E-state index in [9.17, 15) is 4.79 Å². The van der Waals surface area contributed by atoms with Crippen molar-refractivity contribution in [1.82, 2.24) is 20.5 Å². The predicted molar refractivity (Wildman–Crippen MR) is 73.5 cm³/mol. The Hall–Kier alpha value is -1.80. The highest BCUT2D eigenvalue weighted by molar-refractivity contribution is 5.81. The number of carbonyl (C=O) groups excluding carboxylic acids is 1. The number of hydrogen-bond acceptors (Lipinski definition) is 7. The third-order valence-electron chi connectivity index (χ3n) is 3.80. The molecule has 2 aliphatic rings. The first kappa shape index (κ1) is 14.2. The number of amides is 1. The number of morpholine rings is 1. The molecule has 0 spiro atoms. The van der Waals surface area contributed by atoms with Crippen LogP contribution in [0.5, 0.6) is 0 Å². The smallest absolute Gasteiger partial charge is 0.249 e. The van der Waals surface area contributed by atoms with Gasteiger partial charge < -0.3 is 20.5 Å². The predicted octanol–water partition coefficient (Wildman–Crippen LogP) is -0.595. The normalized spacial score (nSPS) is 23.8. The van der Waals surface area contributed by atoms with Gasteiger partial charge in [0.15, 0.2) is 0 Å². The second-order valence-electron chi connectivity index (χ2n) is 5.24. The molecular formula is C13H19N5O3. The molecule has 0 aromatic carbocycles. The van der Waals surface area contributed by atoms with Gasteiger partial charge >= 0.3 is 0 Å². The lowest BCUT2D eigenvalue weighted by Crippen LogP contribution is -2.45. The fourth-order valence-electron chi connectivity index (χ4n) is 2.71. The summed E-state index contributed by atoms with van der Waals surface area (Å²) >= 11 is 0. The van der Waals surface area contributed by atoms with E-state index in [0.717, 1.165) is 18.5 Å². The quantitative estimate of drug-likeness (QED) is 0.765. The van der Waals surface area contributed by atoms with E-state index in [-0.39, 0.29) is 17.8 Å². The average Bonchev–Trinajstić information content (AvgIpc) is 2.52. The van der Waals surface area contributed by atoms with Crippen LogP contribution in [0.15, 0.2) is 0 Å². The molecule has 1 aromatic rings. The number of hydrogen-bond donors (Lipinski definition) is 2. The molecule has 0 radical (unpaired) electrons. The number of carbonyl (C=O) groups is 1. The molecule has 21 heavy (non-hydrogen) atoms. The summed E-state index contributed by atoms with van der Waals surface area (Å²) in [7, 11) is 0. The maximum atomic E-state index is 11.8. The van der Waals surface area contributed by atoms with Crippen molar-refractivity contribution in [2.24, 2.45) is 0 Å². The van der Waals surface area contributed by atoms with E-state index >= 15 is 0 Å². The van der Waals surface area contributed by atoms with Gasteiger partial charge in [-0.25, -0.2) is 4.98 Å². The van der Waals surface area contributed by atoms with Crippen molar-refractivity contribution in [3.8, 4) is 0 Å². The van der Waals surface area contributed by atoms with Gasteiger partial charge in [0.1, 0.15) is 6.10 Å². The van der Waals surface area contributed by atoms with Crippen LogP contribution in [-0.2, 0) is 20.7 Å². The van der Waals surface area contributed by atoms with Crippen molar-refractivity contribution in [1.29, 1.82) is 0 Å². The summed E-state index contributed by atoms with van der Waals surface area (Å²) in [5, 5.41) is 10.8. The van der Waals surface area contributed by atoms with Crippen LogP contribution in [0, 0.1) is 0 Å². The number of nitrogens with zero attached hydrogens (tertiary/aromatic N) is 3. The summed E-state index contributed by atoms with van der Waals surface area (Å²) in [5.74, 6) is 0.297. The lowest BCUT2D eigenvalue weighted by atomic mass is 9.93. The molecule has 1 unspecified atom stereocenters. The Morgan fingerprint density at radius 2 is 2.05 bits per heavy atom. The SMILES string of the molecule is Nc1nnc(CC2OCCNC2=O)c(C2CCOCC2)n1. The highest BCUT2D eigenvalue weighted by atomic mass is 16.5. The highest BCUT2D eigenvalue weighted by Crippen LogP contribution is 2.28. The molecule has 3 rings (SSSR count). The Morgan fingerprint density at radius 1 is 1.24 bits per heavy atom. The molecule has 2 saturated heterocycles. The minimum Gasteiger partial charge on any atom is -0.381 e. The van der Waals surface area contributed by atoms with E-state index in [1.54, 1.807) is 0 Å². The van der Waals surface area contributed by atoms with Crippen LogP contribution < -0.4 is 11.1 Å². The van der Waals surface area contributed by atoms with Gasteiger partial charge in [-0.05, 0) is 12.8 Å². The Balaban J connectivity index is 1.81. The van der Waals surface area contributed by atoms with E-state index in [4.69, 9.17) is 15.2 Å².